The maximum Gasteiger partial charge on any atom is 0.243 e. The Morgan fingerprint density at radius 1 is 1.19 bits per heavy atom. The number of fused-ring (bicyclic) bond motifs is 1. The third kappa shape index (κ3) is 4.80. The second-order valence-electron chi connectivity index (χ2n) is 9.32. The molecular weight excluding hydrogens is 448 g/mol. The molecule has 1 N–H and O–H groups in total. The van der Waals surface area contributed by atoms with Gasteiger partial charge >= 0.3 is 0 Å². The fourth-order valence-corrected chi connectivity index (χ4v) is 6.17. The van der Waals surface area contributed by atoms with Gasteiger partial charge in [0.15, 0.2) is 0 Å². The average Bonchev–Trinajstić information content (AvgIpc) is 2.74. The van der Waals surface area contributed by atoms with Crippen LogP contribution in [0.15, 0.2) is 47.4 Å². The van der Waals surface area contributed by atoms with Crippen molar-refractivity contribution in [2.45, 2.75) is 56.6 Å². The van der Waals surface area contributed by atoms with Gasteiger partial charge in [-0.15, -0.1) is 0 Å². The first-order valence-corrected chi connectivity index (χ1v) is 12.7. The van der Waals surface area contributed by atoms with Crippen molar-refractivity contribution in [1.82, 2.24) is 9.62 Å². The van der Waals surface area contributed by atoms with Crippen molar-refractivity contribution in [2.75, 3.05) is 13.1 Å². The molecular formula is C24H29ClN2O4S. The number of nitrogens with zero attached hydrogens (tertiary/aromatic N) is 1. The summed E-state index contributed by atoms with van der Waals surface area (Å²) in [5.74, 6) is 0.272. The normalized spacial score (nSPS) is 23.1. The minimum atomic E-state index is -3.68. The quantitative estimate of drug-likeness (QED) is 0.706. The zero-order valence-electron chi connectivity index (χ0n) is 18.6. The van der Waals surface area contributed by atoms with E-state index in [0.717, 1.165) is 16.9 Å². The lowest BCUT2D eigenvalue weighted by atomic mass is 9.88. The van der Waals surface area contributed by atoms with E-state index in [1.165, 1.54) is 16.4 Å². The van der Waals surface area contributed by atoms with E-state index in [4.69, 9.17) is 16.3 Å². The second-order valence-corrected chi connectivity index (χ2v) is 11.7. The SMILES string of the molecule is Cc1ccc2c(c1)[C@H](NC(=O)[C@H]1CCCN(S(=O)(=O)c3ccc(Cl)cc3)C1)CC(C)(C)O2. The number of hydrogen-bond acceptors (Lipinski definition) is 4. The van der Waals surface area contributed by atoms with Gasteiger partial charge in [-0.3, -0.25) is 4.79 Å². The van der Waals surface area contributed by atoms with Crippen molar-refractivity contribution in [3.8, 4) is 5.75 Å². The summed E-state index contributed by atoms with van der Waals surface area (Å²) in [5, 5.41) is 3.67. The average molecular weight is 477 g/mol. The van der Waals surface area contributed by atoms with E-state index in [1.54, 1.807) is 12.1 Å². The molecule has 0 radical (unpaired) electrons. The third-order valence-electron chi connectivity index (χ3n) is 6.15. The summed E-state index contributed by atoms with van der Waals surface area (Å²) in [7, 11) is -3.68. The van der Waals surface area contributed by atoms with Crippen LogP contribution in [0.2, 0.25) is 5.02 Å². The molecule has 0 unspecified atom stereocenters. The molecule has 0 spiro atoms. The molecule has 8 heteroatoms. The maximum absolute atomic E-state index is 13.2. The third-order valence-corrected chi connectivity index (χ3v) is 8.28. The summed E-state index contributed by atoms with van der Waals surface area (Å²) in [4.78, 5) is 13.4. The predicted molar refractivity (Wildman–Crippen MR) is 124 cm³/mol. The highest BCUT2D eigenvalue weighted by Gasteiger charge is 2.38. The Kier molecular flexibility index (Phi) is 6.27. The number of piperidine rings is 1. The number of sulfonamides is 1. The Bertz CT molecular complexity index is 1120. The van der Waals surface area contributed by atoms with Crippen molar-refractivity contribution in [2.24, 2.45) is 5.92 Å². The standard InChI is InChI=1S/C24H29ClN2O4S/c1-16-6-11-22-20(13-16)21(14-24(2,3)31-22)26-23(28)17-5-4-12-27(15-17)32(29,30)19-9-7-18(25)8-10-19/h6-11,13,17,21H,4-5,12,14-15H2,1-3H3,(H,26,28)/t17-,21+/m0/s1. The molecule has 2 aliphatic rings. The Hall–Kier alpha value is -2.09. The van der Waals surface area contributed by atoms with Crippen molar-refractivity contribution in [3.63, 3.8) is 0 Å². The lowest BCUT2D eigenvalue weighted by molar-refractivity contribution is -0.127. The highest BCUT2D eigenvalue weighted by Crippen LogP contribution is 2.40. The van der Waals surface area contributed by atoms with Crippen LogP contribution in [0.4, 0.5) is 0 Å². The van der Waals surface area contributed by atoms with E-state index < -0.39 is 21.5 Å². The van der Waals surface area contributed by atoms with Crippen molar-refractivity contribution in [1.29, 1.82) is 0 Å². The molecule has 2 atom stereocenters. The van der Waals surface area contributed by atoms with Crippen LogP contribution >= 0.6 is 11.6 Å². The molecule has 2 aliphatic heterocycles. The zero-order chi connectivity index (χ0) is 23.1. The Balaban J connectivity index is 1.51. The van der Waals surface area contributed by atoms with Gasteiger partial charge in [0.05, 0.1) is 16.9 Å². The molecule has 172 valence electrons. The molecule has 2 aromatic carbocycles. The number of ether oxygens (including phenoxy) is 1. The van der Waals surface area contributed by atoms with Crippen LogP contribution in [-0.4, -0.2) is 37.3 Å². The highest BCUT2D eigenvalue weighted by atomic mass is 35.5. The van der Waals surface area contributed by atoms with Crippen LogP contribution in [0, 0.1) is 12.8 Å². The Labute approximate surface area is 195 Å². The van der Waals surface area contributed by atoms with E-state index in [-0.39, 0.29) is 23.4 Å². The van der Waals surface area contributed by atoms with Gasteiger partial charge in [0.1, 0.15) is 11.4 Å². The molecule has 0 aromatic heterocycles. The number of halogens is 1. The summed E-state index contributed by atoms with van der Waals surface area (Å²) in [6.45, 7) is 6.61. The lowest BCUT2D eigenvalue weighted by Crippen LogP contribution is -2.48. The number of aryl methyl sites for hydroxylation is 1. The fraction of sp³-hybridized carbons (Fsp3) is 0.458. The van der Waals surface area contributed by atoms with Gasteiger partial charge in [-0.05, 0) is 63.9 Å². The van der Waals surface area contributed by atoms with Gasteiger partial charge in [0.2, 0.25) is 15.9 Å². The molecule has 32 heavy (non-hydrogen) atoms. The van der Waals surface area contributed by atoms with E-state index in [9.17, 15) is 13.2 Å². The Morgan fingerprint density at radius 2 is 1.91 bits per heavy atom. The molecule has 0 saturated carbocycles. The molecule has 0 aliphatic carbocycles. The number of rotatable bonds is 4. The van der Waals surface area contributed by atoms with Crippen molar-refractivity contribution < 1.29 is 17.9 Å². The monoisotopic (exact) mass is 476 g/mol. The maximum atomic E-state index is 13.2. The highest BCUT2D eigenvalue weighted by molar-refractivity contribution is 7.89. The molecule has 1 amide bonds. The van der Waals surface area contributed by atoms with Gasteiger partial charge in [-0.1, -0.05) is 29.3 Å². The summed E-state index contributed by atoms with van der Waals surface area (Å²) < 4.78 is 33.7. The number of amides is 1. The number of carbonyl (C=O) groups excluding carboxylic acids is 1. The first-order valence-electron chi connectivity index (χ1n) is 10.9. The fourth-order valence-electron chi connectivity index (χ4n) is 4.52. The Morgan fingerprint density at radius 3 is 2.62 bits per heavy atom. The van der Waals surface area contributed by atoms with Crippen LogP contribution in [0.5, 0.6) is 5.75 Å². The first kappa shape index (κ1) is 23.1. The first-order chi connectivity index (χ1) is 15.0. The van der Waals surface area contributed by atoms with E-state index >= 15 is 0 Å². The summed E-state index contributed by atoms with van der Waals surface area (Å²) in [6.07, 6.45) is 1.94. The molecule has 1 fully saturated rings. The van der Waals surface area contributed by atoms with Gasteiger partial charge in [0.25, 0.3) is 0 Å². The van der Waals surface area contributed by atoms with Crippen LogP contribution < -0.4 is 10.1 Å². The smallest absolute Gasteiger partial charge is 0.243 e. The summed E-state index contributed by atoms with van der Waals surface area (Å²) >= 11 is 5.90. The minimum absolute atomic E-state index is 0.115. The number of nitrogens with one attached hydrogen (secondary N) is 1. The number of carbonyl (C=O) groups is 1. The lowest BCUT2D eigenvalue weighted by Gasteiger charge is -2.39. The molecule has 4 rings (SSSR count). The largest absolute Gasteiger partial charge is 0.487 e. The van der Waals surface area contributed by atoms with E-state index in [1.807, 2.05) is 39.0 Å². The molecule has 2 heterocycles. The minimum Gasteiger partial charge on any atom is -0.487 e. The summed E-state index contributed by atoms with van der Waals surface area (Å²) in [6, 6.07) is 12.0. The second kappa shape index (κ2) is 8.69. The van der Waals surface area contributed by atoms with E-state index in [2.05, 4.69) is 5.32 Å². The predicted octanol–water partition coefficient (Wildman–Crippen LogP) is 4.47. The van der Waals surface area contributed by atoms with Gasteiger partial charge in [0, 0.05) is 30.1 Å². The van der Waals surface area contributed by atoms with Crippen molar-refractivity contribution >= 4 is 27.5 Å². The number of hydrogen-bond donors (Lipinski definition) is 1. The van der Waals surface area contributed by atoms with Gasteiger partial charge in [-0.25, -0.2) is 8.42 Å². The zero-order valence-corrected chi connectivity index (χ0v) is 20.2. The van der Waals surface area contributed by atoms with Gasteiger partial charge < -0.3 is 10.1 Å². The molecule has 2 aromatic rings. The summed E-state index contributed by atoms with van der Waals surface area (Å²) in [5.41, 5.74) is 1.67. The van der Waals surface area contributed by atoms with Crippen LogP contribution in [0.1, 0.15) is 50.3 Å². The van der Waals surface area contributed by atoms with Crippen LogP contribution in [-0.2, 0) is 14.8 Å². The number of benzene rings is 2. The van der Waals surface area contributed by atoms with E-state index in [0.29, 0.717) is 30.8 Å². The van der Waals surface area contributed by atoms with Crippen LogP contribution in [0.25, 0.3) is 0 Å². The molecule has 1 saturated heterocycles. The van der Waals surface area contributed by atoms with Crippen molar-refractivity contribution in [3.05, 3.63) is 58.6 Å². The van der Waals surface area contributed by atoms with Crippen LogP contribution in [0.3, 0.4) is 0 Å². The molecule has 0 bridgehead atoms. The topological polar surface area (TPSA) is 75.7 Å². The van der Waals surface area contributed by atoms with Gasteiger partial charge in [-0.2, -0.15) is 4.31 Å². The molecule has 6 nitrogen and oxygen atoms in total.